The number of halogens is 2. The number of Topliss-reactive ketones (excluding diaryl/α,β-unsaturated/α-hetero) is 1. The van der Waals surface area contributed by atoms with Gasteiger partial charge in [-0.3, -0.25) is 4.79 Å². The van der Waals surface area contributed by atoms with E-state index in [2.05, 4.69) is 0 Å². The normalized spacial score (nSPS) is 16.6. The summed E-state index contributed by atoms with van der Waals surface area (Å²) < 4.78 is 13.5. The molecule has 1 aliphatic carbocycles. The summed E-state index contributed by atoms with van der Waals surface area (Å²) in [6, 6.07) is 4.53. The molecular weight excluding hydrogens is 227 g/mol. The van der Waals surface area contributed by atoms with E-state index in [0.29, 0.717) is 10.6 Å². The first-order chi connectivity index (χ1) is 7.68. The maximum absolute atomic E-state index is 13.5. The van der Waals surface area contributed by atoms with Crippen LogP contribution in [0.2, 0.25) is 5.02 Å². The van der Waals surface area contributed by atoms with Crippen LogP contribution in [0.3, 0.4) is 0 Å². The molecule has 1 aliphatic rings. The van der Waals surface area contributed by atoms with Crippen LogP contribution >= 0.6 is 11.6 Å². The highest BCUT2D eigenvalue weighted by Crippen LogP contribution is 2.28. The van der Waals surface area contributed by atoms with Crippen LogP contribution in [0.1, 0.15) is 31.2 Å². The van der Waals surface area contributed by atoms with Gasteiger partial charge in [0, 0.05) is 22.9 Å². The van der Waals surface area contributed by atoms with E-state index >= 15 is 0 Å². The zero-order valence-corrected chi connectivity index (χ0v) is 9.77. The topological polar surface area (TPSA) is 17.1 Å². The summed E-state index contributed by atoms with van der Waals surface area (Å²) in [5, 5.41) is 0.353. The fraction of sp³-hybridized carbons (Fsp3) is 0.462. The SMILES string of the molecule is O=C(Cc1c(F)cccc1Cl)C1CCCC1. The zero-order chi connectivity index (χ0) is 11.5. The molecule has 86 valence electrons. The van der Waals surface area contributed by atoms with Crippen LogP contribution in [-0.4, -0.2) is 5.78 Å². The standard InChI is InChI=1S/C13H14ClFO/c14-11-6-3-7-12(15)10(11)8-13(16)9-4-1-2-5-9/h3,6-7,9H,1-2,4-5,8H2. The monoisotopic (exact) mass is 240 g/mol. The molecule has 0 atom stereocenters. The van der Waals surface area contributed by atoms with Gasteiger partial charge in [-0.05, 0) is 25.0 Å². The van der Waals surface area contributed by atoms with Gasteiger partial charge in [0.1, 0.15) is 11.6 Å². The first-order valence-electron chi connectivity index (χ1n) is 5.64. The summed E-state index contributed by atoms with van der Waals surface area (Å²) in [6.07, 6.45) is 4.26. The number of hydrogen-bond acceptors (Lipinski definition) is 1. The van der Waals surface area contributed by atoms with E-state index in [-0.39, 0.29) is 23.9 Å². The predicted molar refractivity (Wildman–Crippen MR) is 62.1 cm³/mol. The summed E-state index contributed by atoms with van der Waals surface area (Å²) in [6.45, 7) is 0. The molecule has 16 heavy (non-hydrogen) atoms. The van der Waals surface area contributed by atoms with E-state index in [1.165, 1.54) is 6.07 Å². The smallest absolute Gasteiger partial charge is 0.140 e. The Labute approximate surface area is 99.6 Å². The average Bonchev–Trinajstić information content (AvgIpc) is 2.76. The van der Waals surface area contributed by atoms with Crippen molar-refractivity contribution in [3.8, 4) is 0 Å². The molecule has 1 aromatic rings. The molecule has 0 N–H and O–H groups in total. The van der Waals surface area contributed by atoms with Crippen molar-refractivity contribution in [1.82, 2.24) is 0 Å². The molecule has 3 heteroatoms. The molecule has 0 aliphatic heterocycles. The highest BCUT2D eigenvalue weighted by Gasteiger charge is 2.24. The Hall–Kier alpha value is -0.890. The van der Waals surface area contributed by atoms with Crippen LogP contribution < -0.4 is 0 Å². The van der Waals surface area contributed by atoms with Gasteiger partial charge in [0.2, 0.25) is 0 Å². The second-order valence-corrected chi connectivity index (χ2v) is 4.73. The Morgan fingerprint density at radius 1 is 1.38 bits per heavy atom. The second kappa shape index (κ2) is 4.96. The van der Waals surface area contributed by atoms with E-state index in [0.717, 1.165) is 25.7 Å². The summed E-state index contributed by atoms with van der Waals surface area (Å²) in [5.74, 6) is -0.126. The molecule has 0 heterocycles. The first-order valence-corrected chi connectivity index (χ1v) is 6.02. The number of carbonyl (C=O) groups excluding carboxylic acids is 1. The van der Waals surface area contributed by atoms with Crippen LogP contribution in [-0.2, 0) is 11.2 Å². The van der Waals surface area contributed by atoms with Crippen molar-refractivity contribution in [2.45, 2.75) is 32.1 Å². The van der Waals surface area contributed by atoms with Gasteiger partial charge in [-0.15, -0.1) is 0 Å². The lowest BCUT2D eigenvalue weighted by molar-refractivity contribution is -0.122. The highest BCUT2D eigenvalue weighted by atomic mass is 35.5. The maximum Gasteiger partial charge on any atom is 0.140 e. The number of ketones is 1. The second-order valence-electron chi connectivity index (χ2n) is 4.32. The van der Waals surface area contributed by atoms with Gasteiger partial charge >= 0.3 is 0 Å². The third-order valence-corrected chi connectivity index (χ3v) is 3.58. The molecule has 1 saturated carbocycles. The average molecular weight is 241 g/mol. The highest BCUT2D eigenvalue weighted by molar-refractivity contribution is 6.31. The van der Waals surface area contributed by atoms with Gasteiger partial charge in [-0.25, -0.2) is 4.39 Å². The molecule has 1 nitrogen and oxygen atoms in total. The minimum atomic E-state index is -0.376. The third kappa shape index (κ3) is 2.43. The fourth-order valence-electron chi connectivity index (χ4n) is 2.27. The van der Waals surface area contributed by atoms with Crippen LogP contribution in [0.25, 0.3) is 0 Å². The molecule has 1 fully saturated rings. The van der Waals surface area contributed by atoms with Crippen molar-refractivity contribution in [2.24, 2.45) is 5.92 Å². The first kappa shape index (κ1) is 11.6. The molecule has 0 bridgehead atoms. The molecular formula is C13H14ClFO. The van der Waals surface area contributed by atoms with Gasteiger partial charge < -0.3 is 0 Å². The van der Waals surface area contributed by atoms with E-state index < -0.39 is 0 Å². The molecule has 0 spiro atoms. The van der Waals surface area contributed by atoms with E-state index in [9.17, 15) is 9.18 Å². The number of carbonyl (C=O) groups is 1. The van der Waals surface area contributed by atoms with Crippen molar-refractivity contribution in [3.63, 3.8) is 0 Å². The van der Waals surface area contributed by atoms with Crippen molar-refractivity contribution in [2.75, 3.05) is 0 Å². The summed E-state index contributed by atoms with van der Waals surface area (Å²) in [7, 11) is 0. The molecule has 0 radical (unpaired) electrons. The van der Waals surface area contributed by atoms with Gasteiger partial charge in [-0.1, -0.05) is 30.5 Å². The maximum atomic E-state index is 13.5. The molecule has 1 aromatic carbocycles. The van der Waals surface area contributed by atoms with Gasteiger partial charge in [0.25, 0.3) is 0 Å². The number of rotatable bonds is 3. The Kier molecular flexibility index (Phi) is 3.59. The van der Waals surface area contributed by atoms with E-state index in [1.54, 1.807) is 12.1 Å². The Balaban J connectivity index is 2.11. The van der Waals surface area contributed by atoms with Crippen LogP contribution in [0, 0.1) is 11.7 Å². The lowest BCUT2D eigenvalue weighted by atomic mass is 9.96. The summed E-state index contributed by atoms with van der Waals surface area (Å²) in [4.78, 5) is 11.9. The largest absolute Gasteiger partial charge is 0.299 e. The molecule has 0 amide bonds. The molecule has 0 saturated heterocycles. The predicted octanol–water partition coefficient (Wildman–Crippen LogP) is 3.78. The molecule has 0 aromatic heterocycles. The quantitative estimate of drug-likeness (QED) is 0.786. The summed E-state index contributed by atoms with van der Waals surface area (Å²) in [5.41, 5.74) is 0.348. The van der Waals surface area contributed by atoms with Crippen molar-refractivity contribution < 1.29 is 9.18 Å². The van der Waals surface area contributed by atoms with Crippen molar-refractivity contribution in [1.29, 1.82) is 0 Å². The van der Waals surface area contributed by atoms with Gasteiger partial charge in [0.15, 0.2) is 0 Å². The minimum Gasteiger partial charge on any atom is -0.299 e. The summed E-state index contributed by atoms with van der Waals surface area (Å²) >= 11 is 5.89. The molecule has 0 unspecified atom stereocenters. The molecule has 2 rings (SSSR count). The number of hydrogen-bond donors (Lipinski definition) is 0. The lowest BCUT2D eigenvalue weighted by Gasteiger charge is -2.09. The number of benzene rings is 1. The lowest BCUT2D eigenvalue weighted by Crippen LogP contribution is -2.14. The fourth-order valence-corrected chi connectivity index (χ4v) is 2.50. The Morgan fingerprint density at radius 2 is 2.06 bits per heavy atom. The van der Waals surface area contributed by atoms with Crippen LogP contribution in [0.4, 0.5) is 4.39 Å². The van der Waals surface area contributed by atoms with Crippen LogP contribution in [0.5, 0.6) is 0 Å². The third-order valence-electron chi connectivity index (χ3n) is 3.22. The van der Waals surface area contributed by atoms with Crippen LogP contribution in [0.15, 0.2) is 18.2 Å². The van der Waals surface area contributed by atoms with Crippen molar-refractivity contribution in [3.05, 3.63) is 34.6 Å². The van der Waals surface area contributed by atoms with Crippen molar-refractivity contribution >= 4 is 17.4 Å². The Bertz CT molecular complexity index is 377. The van der Waals surface area contributed by atoms with E-state index in [1.807, 2.05) is 0 Å². The Morgan fingerprint density at radius 3 is 2.69 bits per heavy atom. The van der Waals surface area contributed by atoms with Gasteiger partial charge in [-0.2, -0.15) is 0 Å². The minimum absolute atomic E-state index is 0.121. The van der Waals surface area contributed by atoms with E-state index in [4.69, 9.17) is 11.6 Å². The van der Waals surface area contributed by atoms with Gasteiger partial charge in [0.05, 0.1) is 0 Å². The zero-order valence-electron chi connectivity index (χ0n) is 9.01.